The summed E-state index contributed by atoms with van der Waals surface area (Å²) in [6.45, 7) is 5.52. The van der Waals surface area contributed by atoms with E-state index in [1.807, 2.05) is 0 Å². The molecule has 88 valence electrons. The van der Waals surface area contributed by atoms with E-state index in [0.717, 1.165) is 26.4 Å². The predicted molar refractivity (Wildman–Crippen MR) is 58.0 cm³/mol. The molecule has 0 aromatic carbocycles. The first kappa shape index (κ1) is 11.4. The average molecular weight is 214 g/mol. The number of unbranched alkanes of at least 4 members (excludes halogenated alkanes) is 3. The van der Waals surface area contributed by atoms with E-state index < -0.39 is 0 Å². The summed E-state index contributed by atoms with van der Waals surface area (Å²) in [7, 11) is 0. The molecule has 0 spiro atoms. The van der Waals surface area contributed by atoms with Crippen LogP contribution in [0.5, 0.6) is 0 Å². The van der Waals surface area contributed by atoms with Crippen LogP contribution in [-0.2, 0) is 14.2 Å². The maximum atomic E-state index is 5.59. The number of rotatable bonds is 9. The van der Waals surface area contributed by atoms with E-state index in [4.69, 9.17) is 14.2 Å². The molecule has 0 amide bonds. The second kappa shape index (κ2) is 5.28. The van der Waals surface area contributed by atoms with Gasteiger partial charge in [0.2, 0.25) is 0 Å². The Kier molecular flexibility index (Phi) is 4.00. The van der Waals surface area contributed by atoms with Crippen molar-refractivity contribution in [3.8, 4) is 0 Å². The highest BCUT2D eigenvalue weighted by Gasteiger charge is 2.44. The summed E-state index contributed by atoms with van der Waals surface area (Å²) in [5, 5.41) is 0. The first-order chi connectivity index (χ1) is 7.35. The molecule has 2 heterocycles. The fraction of sp³-hybridized carbons (Fsp3) is 1.00. The highest BCUT2D eigenvalue weighted by molar-refractivity contribution is 4.92. The van der Waals surface area contributed by atoms with Crippen LogP contribution in [0.3, 0.4) is 0 Å². The number of epoxide rings is 2. The minimum atomic E-state index is 0.0859. The Bertz CT molecular complexity index is 185. The van der Waals surface area contributed by atoms with E-state index in [2.05, 4.69) is 6.92 Å². The van der Waals surface area contributed by atoms with Crippen molar-refractivity contribution in [2.24, 2.45) is 0 Å². The zero-order chi connectivity index (χ0) is 10.6. The summed E-state index contributed by atoms with van der Waals surface area (Å²) < 4.78 is 16.2. The minimum absolute atomic E-state index is 0.0859. The summed E-state index contributed by atoms with van der Waals surface area (Å²) in [5.41, 5.74) is 0.0859. The van der Waals surface area contributed by atoms with E-state index in [-0.39, 0.29) is 5.60 Å². The lowest BCUT2D eigenvalue weighted by molar-refractivity contribution is 0.0638. The zero-order valence-electron chi connectivity index (χ0n) is 9.67. The van der Waals surface area contributed by atoms with Gasteiger partial charge in [0.05, 0.1) is 26.4 Å². The van der Waals surface area contributed by atoms with Crippen molar-refractivity contribution in [2.45, 2.75) is 50.7 Å². The van der Waals surface area contributed by atoms with Crippen LogP contribution in [0.1, 0.15) is 39.0 Å². The summed E-state index contributed by atoms with van der Waals surface area (Å²) >= 11 is 0. The molecule has 0 saturated carbocycles. The Balaban J connectivity index is 1.49. The van der Waals surface area contributed by atoms with Crippen LogP contribution in [0.4, 0.5) is 0 Å². The van der Waals surface area contributed by atoms with Crippen LogP contribution >= 0.6 is 0 Å². The third-order valence-electron chi connectivity index (χ3n) is 3.11. The average Bonchev–Trinajstić information content (AvgIpc) is 3.10. The number of hydrogen-bond acceptors (Lipinski definition) is 3. The quantitative estimate of drug-likeness (QED) is 0.435. The van der Waals surface area contributed by atoms with Crippen molar-refractivity contribution in [2.75, 3.05) is 26.4 Å². The van der Waals surface area contributed by atoms with Gasteiger partial charge in [-0.1, -0.05) is 32.6 Å². The highest BCUT2D eigenvalue weighted by Crippen LogP contribution is 2.33. The van der Waals surface area contributed by atoms with Gasteiger partial charge in [0.1, 0.15) is 11.7 Å². The molecule has 15 heavy (non-hydrogen) atoms. The molecule has 2 unspecified atom stereocenters. The van der Waals surface area contributed by atoms with Gasteiger partial charge in [-0.3, -0.25) is 0 Å². The van der Waals surface area contributed by atoms with Crippen molar-refractivity contribution >= 4 is 0 Å². The molecule has 3 nitrogen and oxygen atoms in total. The van der Waals surface area contributed by atoms with E-state index in [0.29, 0.717) is 6.10 Å². The van der Waals surface area contributed by atoms with Gasteiger partial charge in [-0.05, 0) is 6.42 Å². The third kappa shape index (κ3) is 4.09. The van der Waals surface area contributed by atoms with Gasteiger partial charge in [0.25, 0.3) is 0 Å². The van der Waals surface area contributed by atoms with Crippen molar-refractivity contribution in [1.29, 1.82) is 0 Å². The Morgan fingerprint density at radius 1 is 1.33 bits per heavy atom. The summed E-state index contributed by atoms with van der Waals surface area (Å²) in [6, 6.07) is 0. The summed E-state index contributed by atoms with van der Waals surface area (Å²) in [4.78, 5) is 0. The number of hydrogen-bond donors (Lipinski definition) is 0. The maximum Gasteiger partial charge on any atom is 0.115 e. The van der Waals surface area contributed by atoms with Gasteiger partial charge in [-0.15, -0.1) is 0 Å². The molecule has 2 fully saturated rings. The smallest absolute Gasteiger partial charge is 0.115 e. The summed E-state index contributed by atoms with van der Waals surface area (Å²) in [5.74, 6) is 0. The van der Waals surface area contributed by atoms with Crippen LogP contribution in [0.15, 0.2) is 0 Å². The summed E-state index contributed by atoms with van der Waals surface area (Å²) in [6.07, 6.45) is 6.78. The molecule has 2 saturated heterocycles. The molecule has 3 heteroatoms. The van der Waals surface area contributed by atoms with Gasteiger partial charge >= 0.3 is 0 Å². The van der Waals surface area contributed by atoms with E-state index in [1.165, 1.54) is 32.1 Å². The zero-order valence-corrected chi connectivity index (χ0v) is 9.67. The molecule has 2 aliphatic rings. The van der Waals surface area contributed by atoms with Gasteiger partial charge in [-0.2, -0.15) is 0 Å². The Labute approximate surface area is 92.1 Å². The Morgan fingerprint density at radius 3 is 2.73 bits per heavy atom. The molecule has 0 radical (unpaired) electrons. The Hall–Kier alpha value is -0.120. The fourth-order valence-electron chi connectivity index (χ4n) is 1.82. The third-order valence-corrected chi connectivity index (χ3v) is 3.11. The van der Waals surface area contributed by atoms with E-state index in [1.54, 1.807) is 0 Å². The largest absolute Gasteiger partial charge is 0.376 e. The van der Waals surface area contributed by atoms with Crippen LogP contribution in [-0.4, -0.2) is 38.1 Å². The fourth-order valence-corrected chi connectivity index (χ4v) is 1.82. The molecule has 2 aliphatic heterocycles. The van der Waals surface area contributed by atoms with Crippen molar-refractivity contribution < 1.29 is 14.2 Å². The van der Waals surface area contributed by atoms with E-state index in [9.17, 15) is 0 Å². The predicted octanol–water partition coefficient (Wildman–Crippen LogP) is 2.14. The second-order valence-corrected chi connectivity index (χ2v) is 4.75. The van der Waals surface area contributed by atoms with Crippen molar-refractivity contribution in [3.05, 3.63) is 0 Å². The SMILES string of the molecule is CCCCCCC1(COCC2CO2)CO1. The first-order valence-electron chi connectivity index (χ1n) is 6.18. The van der Waals surface area contributed by atoms with Gasteiger partial charge in [0.15, 0.2) is 0 Å². The monoisotopic (exact) mass is 214 g/mol. The van der Waals surface area contributed by atoms with Crippen LogP contribution in [0, 0.1) is 0 Å². The molecule has 0 bridgehead atoms. The molecule has 2 rings (SSSR count). The lowest BCUT2D eigenvalue weighted by Gasteiger charge is -2.11. The normalized spacial score (nSPS) is 33.0. The number of ether oxygens (including phenoxy) is 3. The van der Waals surface area contributed by atoms with Crippen molar-refractivity contribution in [1.82, 2.24) is 0 Å². The van der Waals surface area contributed by atoms with Gasteiger partial charge < -0.3 is 14.2 Å². The van der Waals surface area contributed by atoms with Crippen LogP contribution in [0.2, 0.25) is 0 Å². The highest BCUT2D eigenvalue weighted by atomic mass is 16.6. The molecular formula is C12H22O3. The molecule has 0 N–H and O–H groups in total. The maximum absolute atomic E-state index is 5.59. The molecule has 0 aromatic rings. The minimum Gasteiger partial charge on any atom is -0.376 e. The Morgan fingerprint density at radius 2 is 2.13 bits per heavy atom. The molecular weight excluding hydrogens is 192 g/mol. The standard InChI is InChI=1S/C12H22O3/c1-2-3-4-5-6-12(10-15-12)9-13-7-11-8-14-11/h11H,2-10H2,1H3. The molecule has 0 aliphatic carbocycles. The lowest BCUT2D eigenvalue weighted by atomic mass is 10.0. The van der Waals surface area contributed by atoms with Crippen LogP contribution in [0.25, 0.3) is 0 Å². The van der Waals surface area contributed by atoms with Crippen LogP contribution < -0.4 is 0 Å². The van der Waals surface area contributed by atoms with Gasteiger partial charge in [0, 0.05) is 0 Å². The second-order valence-electron chi connectivity index (χ2n) is 4.75. The molecule has 2 atom stereocenters. The first-order valence-corrected chi connectivity index (χ1v) is 6.18. The lowest BCUT2D eigenvalue weighted by Crippen LogP contribution is -2.21. The topological polar surface area (TPSA) is 34.3 Å². The van der Waals surface area contributed by atoms with Gasteiger partial charge in [-0.25, -0.2) is 0 Å². The van der Waals surface area contributed by atoms with E-state index >= 15 is 0 Å². The van der Waals surface area contributed by atoms with Crippen molar-refractivity contribution in [3.63, 3.8) is 0 Å². The molecule has 0 aromatic heterocycles.